The number of benzene rings is 1. The second-order valence-corrected chi connectivity index (χ2v) is 5.15. The van der Waals surface area contributed by atoms with Crippen LogP contribution in [-0.4, -0.2) is 4.98 Å². The molecular formula is C12H13BrN2S. The van der Waals surface area contributed by atoms with Gasteiger partial charge in [0.2, 0.25) is 0 Å². The Kier molecular flexibility index (Phi) is 3.96. The molecule has 2 aromatic rings. The molecule has 16 heavy (non-hydrogen) atoms. The lowest BCUT2D eigenvalue weighted by Gasteiger charge is -2.04. The van der Waals surface area contributed by atoms with E-state index >= 15 is 0 Å². The van der Waals surface area contributed by atoms with Gasteiger partial charge in [-0.25, -0.2) is 4.98 Å². The Labute approximate surface area is 108 Å². The topological polar surface area (TPSA) is 24.9 Å². The minimum absolute atomic E-state index is 0.804. The van der Waals surface area contributed by atoms with Crippen molar-refractivity contribution in [2.45, 2.75) is 19.9 Å². The largest absolute Gasteiger partial charge is 0.357 e. The van der Waals surface area contributed by atoms with Gasteiger partial charge < -0.3 is 5.32 Å². The monoisotopic (exact) mass is 296 g/mol. The molecule has 0 aliphatic carbocycles. The fourth-order valence-corrected chi connectivity index (χ4v) is 2.58. The van der Waals surface area contributed by atoms with Gasteiger partial charge in [-0.15, -0.1) is 11.3 Å². The Balaban J connectivity index is 1.99. The molecule has 1 N–H and O–H groups in total. The number of anilines is 1. The Morgan fingerprint density at radius 3 is 2.88 bits per heavy atom. The summed E-state index contributed by atoms with van der Waals surface area (Å²) in [6.45, 7) is 2.92. The number of hydrogen-bond donors (Lipinski definition) is 1. The van der Waals surface area contributed by atoms with Crippen LogP contribution in [0, 0.1) is 0 Å². The molecule has 1 aromatic carbocycles. The third-order valence-electron chi connectivity index (χ3n) is 2.30. The number of thiazole rings is 1. The predicted molar refractivity (Wildman–Crippen MR) is 73.0 cm³/mol. The molecule has 1 heterocycles. The fourth-order valence-electron chi connectivity index (χ4n) is 1.36. The first-order valence-electron chi connectivity index (χ1n) is 5.21. The van der Waals surface area contributed by atoms with Crippen molar-refractivity contribution in [3.05, 3.63) is 45.4 Å². The molecule has 4 heteroatoms. The van der Waals surface area contributed by atoms with E-state index in [1.807, 2.05) is 12.1 Å². The third kappa shape index (κ3) is 2.83. The SMILES string of the molecule is CCc1csc(NCc2ccccc2Br)n1. The van der Waals surface area contributed by atoms with Crippen molar-refractivity contribution in [1.29, 1.82) is 0 Å². The zero-order valence-corrected chi connectivity index (χ0v) is 11.4. The van der Waals surface area contributed by atoms with Crippen molar-refractivity contribution in [3.63, 3.8) is 0 Å². The van der Waals surface area contributed by atoms with Crippen molar-refractivity contribution in [2.75, 3.05) is 5.32 Å². The van der Waals surface area contributed by atoms with Crippen LogP contribution < -0.4 is 5.32 Å². The Morgan fingerprint density at radius 1 is 1.38 bits per heavy atom. The number of rotatable bonds is 4. The minimum atomic E-state index is 0.804. The molecule has 0 fully saturated rings. The lowest BCUT2D eigenvalue weighted by atomic mass is 10.2. The standard InChI is InChI=1S/C12H13BrN2S/c1-2-10-8-16-12(15-10)14-7-9-5-3-4-6-11(9)13/h3-6,8H,2,7H2,1H3,(H,14,15). The van der Waals surface area contributed by atoms with E-state index in [2.05, 4.69) is 50.7 Å². The van der Waals surface area contributed by atoms with E-state index in [0.717, 1.165) is 28.3 Å². The van der Waals surface area contributed by atoms with Crippen LogP contribution in [-0.2, 0) is 13.0 Å². The van der Waals surface area contributed by atoms with Gasteiger partial charge in [-0.05, 0) is 18.1 Å². The van der Waals surface area contributed by atoms with E-state index in [9.17, 15) is 0 Å². The molecule has 0 aliphatic rings. The summed E-state index contributed by atoms with van der Waals surface area (Å²) in [5.74, 6) is 0. The summed E-state index contributed by atoms with van der Waals surface area (Å²) in [6.07, 6.45) is 0.993. The quantitative estimate of drug-likeness (QED) is 0.919. The average molecular weight is 297 g/mol. The van der Waals surface area contributed by atoms with Crippen LogP contribution in [0.2, 0.25) is 0 Å². The first-order valence-corrected chi connectivity index (χ1v) is 6.88. The number of aromatic nitrogens is 1. The van der Waals surface area contributed by atoms with Crippen LogP contribution in [0.15, 0.2) is 34.1 Å². The van der Waals surface area contributed by atoms with Gasteiger partial charge in [0.15, 0.2) is 5.13 Å². The molecule has 0 atom stereocenters. The van der Waals surface area contributed by atoms with Gasteiger partial charge in [-0.3, -0.25) is 0 Å². The van der Waals surface area contributed by atoms with Crippen LogP contribution in [0.3, 0.4) is 0 Å². The van der Waals surface area contributed by atoms with E-state index in [4.69, 9.17) is 0 Å². The Bertz CT molecular complexity index is 468. The number of hydrogen-bond acceptors (Lipinski definition) is 3. The summed E-state index contributed by atoms with van der Waals surface area (Å²) in [4.78, 5) is 4.47. The maximum Gasteiger partial charge on any atom is 0.183 e. The molecule has 2 nitrogen and oxygen atoms in total. The first kappa shape index (κ1) is 11.6. The maximum atomic E-state index is 4.47. The second-order valence-electron chi connectivity index (χ2n) is 3.44. The van der Waals surface area contributed by atoms with Gasteiger partial charge in [0.25, 0.3) is 0 Å². The summed E-state index contributed by atoms with van der Waals surface area (Å²) in [6, 6.07) is 8.22. The molecule has 84 valence electrons. The lowest BCUT2D eigenvalue weighted by Crippen LogP contribution is -1.99. The van der Waals surface area contributed by atoms with E-state index in [-0.39, 0.29) is 0 Å². The van der Waals surface area contributed by atoms with Gasteiger partial charge in [-0.2, -0.15) is 0 Å². The molecule has 0 radical (unpaired) electrons. The van der Waals surface area contributed by atoms with Crippen LogP contribution in [0.25, 0.3) is 0 Å². The van der Waals surface area contributed by atoms with Crippen molar-refractivity contribution in [2.24, 2.45) is 0 Å². The average Bonchev–Trinajstić information content (AvgIpc) is 2.76. The van der Waals surface area contributed by atoms with Gasteiger partial charge in [0, 0.05) is 16.4 Å². The normalized spacial score (nSPS) is 10.4. The van der Waals surface area contributed by atoms with Crippen LogP contribution >= 0.6 is 27.3 Å². The molecule has 0 aliphatic heterocycles. The molecule has 0 spiro atoms. The van der Waals surface area contributed by atoms with Gasteiger partial charge >= 0.3 is 0 Å². The summed E-state index contributed by atoms with van der Waals surface area (Å²) in [5, 5.41) is 6.43. The minimum Gasteiger partial charge on any atom is -0.357 e. The number of nitrogens with one attached hydrogen (secondary N) is 1. The smallest absolute Gasteiger partial charge is 0.183 e. The van der Waals surface area contributed by atoms with E-state index < -0.39 is 0 Å². The highest BCUT2D eigenvalue weighted by Gasteiger charge is 2.01. The molecule has 0 saturated carbocycles. The lowest BCUT2D eigenvalue weighted by molar-refractivity contribution is 1.04. The summed E-state index contributed by atoms with van der Waals surface area (Å²) < 4.78 is 1.13. The number of nitrogens with zero attached hydrogens (tertiary/aromatic N) is 1. The van der Waals surface area contributed by atoms with E-state index in [0.29, 0.717) is 0 Å². The van der Waals surface area contributed by atoms with Crippen LogP contribution in [0.1, 0.15) is 18.2 Å². The van der Waals surface area contributed by atoms with Gasteiger partial charge in [-0.1, -0.05) is 41.1 Å². The molecule has 0 bridgehead atoms. The molecule has 1 aromatic heterocycles. The number of aryl methyl sites for hydroxylation is 1. The van der Waals surface area contributed by atoms with Crippen molar-refractivity contribution in [1.82, 2.24) is 4.98 Å². The highest BCUT2D eigenvalue weighted by molar-refractivity contribution is 9.10. The van der Waals surface area contributed by atoms with Crippen molar-refractivity contribution in [3.8, 4) is 0 Å². The zero-order valence-electron chi connectivity index (χ0n) is 9.03. The van der Waals surface area contributed by atoms with Crippen molar-refractivity contribution < 1.29 is 0 Å². The zero-order chi connectivity index (χ0) is 11.4. The Hall–Kier alpha value is -0.870. The Morgan fingerprint density at radius 2 is 2.19 bits per heavy atom. The molecule has 2 rings (SSSR count). The van der Waals surface area contributed by atoms with Crippen LogP contribution in [0.5, 0.6) is 0 Å². The number of halogens is 1. The van der Waals surface area contributed by atoms with E-state index in [1.54, 1.807) is 11.3 Å². The summed E-state index contributed by atoms with van der Waals surface area (Å²) >= 11 is 5.19. The van der Waals surface area contributed by atoms with Crippen LogP contribution in [0.4, 0.5) is 5.13 Å². The summed E-state index contributed by atoms with van der Waals surface area (Å²) in [5.41, 5.74) is 2.40. The molecular weight excluding hydrogens is 284 g/mol. The fraction of sp³-hybridized carbons (Fsp3) is 0.250. The third-order valence-corrected chi connectivity index (χ3v) is 3.92. The van der Waals surface area contributed by atoms with Gasteiger partial charge in [0.1, 0.15) is 0 Å². The van der Waals surface area contributed by atoms with Crippen molar-refractivity contribution >= 4 is 32.4 Å². The summed E-state index contributed by atoms with van der Waals surface area (Å²) in [7, 11) is 0. The van der Waals surface area contributed by atoms with E-state index in [1.165, 1.54) is 5.56 Å². The first-order chi connectivity index (χ1) is 7.79. The second kappa shape index (κ2) is 5.46. The molecule has 0 saturated heterocycles. The highest BCUT2D eigenvalue weighted by Crippen LogP contribution is 2.20. The molecule has 0 amide bonds. The predicted octanol–water partition coefficient (Wildman–Crippen LogP) is 4.08. The van der Waals surface area contributed by atoms with Gasteiger partial charge in [0.05, 0.1) is 5.69 Å². The highest BCUT2D eigenvalue weighted by atomic mass is 79.9. The maximum absolute atomic E-state index is 4.47. The molecule has 0 unspecified atom stereocenters.